The topological polar surface area (TPSA) is 58.2 Å². The molecular weight excluding hydrogens is 288 g/mol. The van der Waals surface area contributed by atoms with Gasteiger partial charge in [-0.2, -0.15) is 0 Å². The lowest BCUT2D eigenvalue weighted by molar-refractivity contribution is -0.119. The van der Waals surface area contributed by atoms with Crippen molar-refractivity contribution in [2.24, 2.45) is 0 Å². The number of aryl methyl sites for hydroxylation is 1. The second-order valence-corrected chi connectivity index (χ2v) is 5.46. The van der Waals surface area contributed by atoms with Gasteiger partial charge >= 0.3 is 0 Å². The molecule has 23 heavy (non-hydrogen) atoms. The van der Waals surface area contributed by atoms with E-state index in [2.05, 4.69) is 29.7 Å². The number of rotatable bonds is 6. The van der Waals surface area contributed by atoms with Crippen LogP contribution in [0, 0.1) is 0 Å². The maximum Gasteiger partial charge on any atom is 0.251 e. The minimum atomic E-state index is -0.116. The van der Waals surface area contributed by atoms with E-state index in [-0.39, 0.29) is 11.8 Å². The van der Waals surface area contributed by atoms with Crippen molar-refractivity contribution in [3.63, 3.8) is 0 Å². The molecule has 0 atom stereocenters. The quantitative estimate of drug-likeness (QED) is 0.862. The van der Waals surface area contributed by atoms with Gasteiger partial charge in [-0.05, 0) is 35.2 Å². The Morgan fingerprint density at radius 1 is 0.870 bits per heavy atom. The summed E-state index contributed by atoms with van der Waals surface area (Å²) in [7, 11) is 0. The van der Waals surface area contributed by atoms with Crippen LogP contribution in [0.25, 0.3) is 0 Å². The van der Waals surface area contributed by atoms with Crippen molar-refractivity contribution < 1.29 is 9.59 Å². The molecular formula is C19H22N2O2. The van der Waals surface area contributed by atoms with Crippen LogP contribution in [0.1, 0.15) is 40.9 Å². The molecule has 0 unspecified atom stereocenters. The third-order valence-corrected chi connectivity index (χ3v) is 3.61. The summed E-state index contributed by atoms with van der Waals surface area (Å²) in [5.74, 6) is -0.204. The average Bonchev–Trinajstić information content (AvgIpc) is 2.58. The highest BCUT2D eigenvalue weighted by Gasteiger charge is 2.06. The maximum atomic E-state index is 12.2. The first-order valence-corrected chi connectivity index (χ1v) is 7.78. The summed E-state index contributed by atoms with van der Waals surface area (Å²) in [6.07, 6.45) is 1.01. The molecule has 0 aliphatic carbocycles. The zero-order chi connectivity index (χ0) is 16.7. The number of benzene rings is 2. The van der Waals surface area contributed by atoms with Crippen LogP contribution in [-0.2, 0) is 24.3 Å². The van der Waals surface area contributed by atoms with Gasteiger partial charge in [0.05, 0.1) is 0 Å². The molecule has 2 aromatic rings. The fraction of sp³-hybridized carbons (Fsp3) is 0.263. The Bertz CT molecular complexity index is 678. The van der Waals surface area contributed by atoms with Crippen molar-refractivity contribution in [1.82, 2.24) is 10.6 Å². The van der Waals surface area contributed by atoms with E-state index in [0.29, 0.717) is 18.7 Å². The summed E-state index contributed by atoms with van der Waals surface area (Å²) in [4.78, 5) is 23.2. The Labute approximate surface area is 136 Å². The smallest absolute Gasteiger partial charge is 0.251 e. The summed E-state index contributed by atoms with van der Waals surface area (Å²) in [5, 5.41) is 5.64. The lowest BCUT2D eigenvalue weighted by atomic mass is 10.1. The Balaban J connectivity index is 1.94. The van der Waals surface area contributed by atoms with Gasteiger partial charge in [-0.3, -0.25) is 9.59 Å². The van der Waals surface area contributed by atoms with Gasteiger partial charge in [-0.15, -0.1) is 0 Å². The first kappa shape index (κ1) is 16.7. The molecule has 120 valence electrons. The zero-order valence-corrected chi connectivity index (χ0v) is 13.6. The van der Waals surface area contributed by atoms with Crippen LogP contribution in [0.5, 0.6) is 0 Å². The van der Waals surface area contributed by atoms with E-state index in [4.69, 9.17) is 0 Å². The van der Waals surface area contributed by atoms with Crippen LogP contribution in [0.3, 0.4) is 0 Å². The van der Waals surface area contributed by atoms with E-state index in [9.17, 15) is 9.59 Å². The molecule has 0 spiro atoms. The number of hydrogen-bond donors (Lipinski definition) is 2. The number of carbonyl (C=O) groups is 2. The Morgan fingerprint density at radius 2 is 1.52 bits per heavy atom. The Hall–Kier alpha value is -2.62. The fourth-order valence-electron chi connectivity index (χ4n) is 2.23. The highest BCUT2D eigenvalue weighted by atomic mass is 16.2. The molecule has 0 saturated heterocycles. The number of hydrogen-bond acceptors (Lipinski definition) is 2. The van der Waals surface area contributed by atoms with Gasteiger partial charge in [0.25, 0.3) is 5.91 Å². The van der Waals surface area contributed by atoms with E-state index in [1.807, 2.05) is 24.3 Å². The van der Waals surface area contributed by atoms with Gasteiger partial charge in [-0.25, -0.2) is 0 Å². The van der Waals surface area contributed by atoms with Crippen molar-refractivity contribution in [2.45, 2.75) is 33.4 Å². The van der Waals surface area contributed by atoms with Gasteiger partial charge in [0.2, 0.25) is 5.91 Å². The maximum absolute atomic E-state index is 12.2. The standard InChI is InChI=1S/C19H22N2O2/c1-3-15-7-9-16(10-8-15)12-21-19(23)18-6-4-5-17(11-18)13-20-14(2)22/h4-11H,3,12-13H2,1-2H3,(H,20,22)(H,21,23). The molecule has 0 aliphatic heterocycles. The molecule has 2 N–H and O–H groups in total. The van der Waals surface area contributed by atoms with Crippen molar-refractivity contribution in [1.29, 1.82) is 0 Å². The Morgan fingerprint density at radius 3 is 2.17 bits per heavy atom. The van der Waals surface area contributed by atoms with Gasteiger partial charge < -0.3 is 10.6 Å². The largest absolute Gasteiger partial charge is 0.352 e. The van der Waals surface area contributed by atoms with Crippen LogP contribution in [0.2, 0.25) is 0 Å². The van der Waals surface area contributed by atoms with Crippen LogP contribution in [0.4, 0.5) is 0 Å². The van der Waals surface area contributed by atoms with Crippen LogP contribution in [-0.4, -0.2) is 11.8 Å². The Kier molecular flexibility index (Phi) is 5.92. The minimum Gasteiger partial charge on any atom is -0.352 e. The third kappa shape index (κ3) is 5.25. The van der Waals surface area contributed by atoms with Crippen molar-refractivity contribution in [3.05, 3.63) is 70.8 Å². The van der Waals surface area contributed by atoms with Gasteiger partial charge in [0.1, 0.15) is 0 Å². The summed E-state index contributed by atoms with van der Waals surface area (Å²) >= 11 is 0. The highest BCUT2D eigenvalue weighted by Crippen LogP contribution is 2.07. The summed E-state index contributed by atoms with van der Waals surface area (Å²) in [6.45, 7) is 4.51. The van der Waals surface area contributed by atoms with E-state index in [1.165, 1.54) is 12.5 Å². The minimum absolute atomic E-state index is 0.0876. The first-order chi connectivity index (χ1) is 11.1. The lowest BCUT2D eigenvalue weighted by Gasteiger charge is -2.08. The molecule has 0 bridgehead atoms. The number of carbonyl (C=O) groups excluding carboxylic acids is 2. The molecule has 2 rings (SSSR count). The average molecular weight is 310 g/mol. The van der Waals surface area contributed by atoms with E-state index in [0.717, 1.165) is 17.5 Å². The first-order valence-electron chi connectivity index (χ1n) is 7.78. The van der Waals surface area contributed by atoms with Crippen LogP contribution < -0.4 is 10.6 Å². The molecule has 0 fully saturated rings. The highest BCUT2D eigenvalue weighted by molar-refractivity contribution is 5.94. The SMILES string of the molecule is CCc1ccc(CNC(=O)c2cccc(CNC(C)=O)c2)cc1. The van der Waals surface area contributed by atoms with Crippen molar-refractivity contribution in [3.8, 4) is 0 Å². The molecule has 0 saturated carbocycles. The number of amides is 2. The number of nitrogens with one attached hydrogen (secondary N) is 2. The molecule has 0 aliphatic rings. The van der Waals surface area contributed by atoms with Gasteiger partial charge in [-0.1, -0.05) is 43.3 Å². The van der Waals surface area contributed by atoms with Crippen LogP contribution >= 0.6 is 0 Å². The predicted molar refractivity (Wildman–Crippen MR) is 91.0 cm³/mol. The summed E-state index contributed by atoms with van der Waals surface area (Å²) in [6, 6.07) is 15.5. The molecule has 4 heteroatoms. The van der Waals surface area contributed by atoms with Crippen LogP contribution in [0.15, 0.2) is 48.5 Å². The van der Waals surface area contributed by atoms with Gasteiger partial charge in [0, 0.05) is 25.6 Å². The lowest BCUT2D eigenvalue weighted by Crippen LogP contribution is -2.23. The second kappa shape index (κ2) is 8.13. The van der Waals surface area contributed by atoms with E-state index in [1.54, 1.807) is 12.1 Å². The summed E-state index contributed by atoms with van der Waals surface area (Å²) in [5.41, 5.74) is 3.86. The monoisotopic (exact) mass is 310 g/mol. The third-order valence-electron chi connectivity index (χ3n) is 3.61. The van der Waals surface area contributed by atoms with Crippen molar-refractivity contribution in [2.75, 3.05) is 0 Å². The molecule has 0 aromatic heterocycles. The summed E-state index contributed by atoms with van der Waals surface area (Å²) < 4.78 is 0. The zero-order valence-electron chi connectivity index (χ0n) is 13.6. The predicted octanol–water partition coefficient (Wildman–Crippen LogP) is 2.82. The van der Waals surface area contributed by atoms with Gasteiger partial charge in [0.15, 0.2) is 0 Å². The normalized spacial score (nSPS) is 10.2. The second-order valence-electron chi connectivity index (χ2n) is 5.46. The fourth-order valence-corrected chi connectivity index (χ4v) is 2.23. The molecule has 2 amide bonds. The molecule has 4 nitrogen and oxygen atoms in total. The molecule has 2 aromatic carbocycles. The van der Waals surface area contributed by atoms with E-state index >= 15 is 0 Å². The van der Waals surface area contributed by atoms with E-state index < -0.39 is 0 Å². The van der Waals surface area contributed by atoms with Crippen molar-refractivity contribution >= 4 is 11.8 Å². The molecule has 0 radical (unpaired) electrons. The molecule has 0 heterocycles.